The molecule has 0 amide bonds. The van der Waals surface area contributed by atoms with Gasteiger partial charge in [0, 0.05) is 22.8 Å². The predicted molar refractivity (Wildman–Crippen MR) is 79.6 cm³/mol. The van der Waals surface area contributed by atoms with Crippen molar-refractivity contribution in [2.24, 2.45) is 0 Å². The van der Waals surface area contributed by atoms with Crippen molar-refractivity contribution in [3.63, 3.8) is 0 Å². The molecule has 0 aliphatic heterocycles. The van der Waals surface area contributed by atoms with Crippen molar-refractivity contribution < 1.29 is 22.2 Å². The Morgan fingerprint density at radius 1 is 1.35 bits per heavy atom. The number of carbonyl (C=O) groups excluding carboxylic acids is 1. The number of ketones is 1. The zero-order valence-electron chi connectivity index (χ0n) is 11.7. The van der Waals surface area contributed by atoms with Crippen molar-refractivity contribution in [3.05, 3.63) is 29.3 Å². The maximum absolute atomic E-state index is 12.0. The molecule has 20 heavy (non-hydrogen) atoms. The Kier molecular flexibility index (Phi) is 5.88. The van der Waals surface area contributed by atoms with Gasteiger partial charge in [-0.15, -0.1) is 0 Å². The number of sulfone groups is 1. The molecular weight excluding hydrogens is 300 g/mol. The molecule has 7 heteroatoms. The third kappa shape index (κ3) is 5.42. The fourth-order valence-corrected chi connectivity index (χ4v) is 4.12. The van der Waals surface area contributed by atoms with Gasteiger partial charge in [0.05, 0.1) is 24.2 Å². The van der Waals surface area contributed by atoms with E-state index in [-0.39, 0.29) is 23.0 Å². The van der Waals surface area contributed by atoms with Crippen molar-refractivity contribution >= 4 is 26.4 Å². The van der Waals surface area contributed by atoms with Crippen LogP contribution in [0.2, 0.25) is 0 Å². The van der Waals surface area contributed by atoms with Gasteiger partial charge in [-0.2, -0.15) is 0 Å². The van der Waals surface area contributed by atoms with Gasteiger partial charge < -0.3 is 4.74 Å². The van der Waals surface area contributed by atoms with Gasteiger partial charge in [0.2, 0.25) is 0 Å². The third-order valence-electron chi connectivity index (χ3n) is 2.63. The minimum Gasteiger partial charge on any atom is -0.496 e. The van der Waals surface area contributed by atoms with E-state index in [0.29, 0.717) is 11.3 Å². The minimum atomic E-state index is -3.17. The molecule has 0 aliphatic rings. The molecule has 1 unspecified atom stereocenters. The molecule has 0 aromatic heterocycles. The second-order valence-electron chi connectivity index (χ2n) is 4.55. The van der Waals surface area contributed by atoms with Crippen LogP contribution in [0.15, 0.2) is 18.2 Å². The van der Waals surface area contributed by atoms with Crippen LogP contribution in [0, 0.1) is 6.92 Å². The lowest BCUT2D eigenvalue weighted by Gasteiger charge is -2.08. The number of ether oxygens (including phenoxy) is 1. The van der Waals surface area contributed by atoms with E-state index in [1.54, 1.807) is 18.2 Å². The second-order valence-corrected chi connectivity index (χ2v) is 8.38. The van der Waals surface area contributed by atoms with Gasteiger partial charge in [0.15, 0.2) is 5.78 Å². The fourth-order valence-electron chi connectivity index (χ4n) is 1.57. The lowest BCUT2D eigenvalue weighted by Crippen LogP contribution is -2.18. The maximum atomic E-state index is 12.0. The molecule has 0 N–H and O–H groups in total. The van der Waals surface area contributed by atoms with Gasteiger partial charge in [0.1, 0.15) is 15.6 Å². The van der Waals surface area contributed by atoms with E-state index in [1.165, 1.54) is 7.11 Å². The van der Waals surface area contributed by atoms with E-state index in [9.17, 15) is 17.4 Å². The quantitative estimate of drug-likeness (QED) is 0.700. The second kappa shape index (κ2) is 6.99. The van der Waals surface area contributed by atoms with Crippen LogP contribution in [-0.2, 0) is 20.6 Å². The minimum absolute atomic E-state index is 0.0290. The summed E-state index contributed by atoms with van der Waals surface area (Å²) in [6.07, 6.45) is 1.08. The van der Waals surface area contributed by atoms with Gasteiger partial charge in [-0.3, -0.25) is 9.00 Å². The van der Waals surface area contributed by atoms with Gasteiger partial charge in [-0.25, -0.2) is 8.42 Å². The number of methoxy groups -OCH3 is 1. The van der Waals surface area contributed by atoms with E-state index in [4.69, 9.17) is 4.74 Å². The molecule has 0 radical (unpaired) electrons. The molecular formula is C13H18O5S2. The van der Waals surface area contributed by atoms with Gasteiger partial charge in [0.25, 0.3) is 0 Å². The molecule has 0 bridgehead atoms. The van der Waals surface area contributed by atoms with E-state index >= 15 is 0 Å². The fraction of sp³-hybridized carbons (Fsp3) is 0.462. The molecule has 112 valence electrons. The Bertz CT molecular complexity index is 620. The Morgan fingerprint density at radius 2 is 2.00 bits per heavy atom. The summed E-state index contributed by atoms with van der Waals surface area (Å²) < 4.78 is 38.8. The number of hydrogen-bond acceptors (Lipinski definition) is 5. The summed E-state index contributed by atoms with van der Waals surface area (Å²) >= 11 is 0. The standard InChI is InChI=1S/C13H18O5S2/c1-10-4-5-11(13(8-10)18-2)12(14)9-19(15)6-7-20(3,16)17/h4-5,8H,6-7,9H2,1-3H3. The zero-order chi connectivity index (χ0) is 15.3. The summed E-state index contributed by atoms with van der Waals surface area (Å²) in [5.74, 6) is -0.283. The predicted octanol–water partition coefficient (Wildman–Crippen LogP) is 0.980. The largest absolute Gasteiger partial charge is 0.496 e. The highest BCUT2D eigenvalue weighted by molar-refractivity contribution is 7.92. The molecule has 1 rings (SSSR count). The summed E-state index contributed by atoms with van der Waals surface area (Å²) in [6.45, 7) is 1.88. The van der Waals surface area contributed by atoms with E-state index < -0.39 is 20.6 Å². The summed E-state index contributed by atoms with van der Waals surface area (Å²) in [5, 5.41) is 0. The third-order valence-corrected chi connectivity index (χ3v) is 5.08. The number of Topliss-reactive ketones (excluding diaryl/α,β-unsaturated/α-hetero) is 1. The topological polar surface area (TPSA) is 77.5 Å². The number of rotatable bonds is 7. The summed E-state index contributed by atoms with van der Waals surface area (Å²) in [4.78, 5) is 12.0. The summed E-state index contributed by atoms with van der Waals surface area (Å²) in [6, 6.07) is 5.13. The van der Waals surface area contributed by atoms with Crippen LogP contribution in [0.25, 0.3) is 0 Å². The highest BCUT2D eigenvalue weighted by Crippen LogP contribution is 2.20. The molecule has 0 saturated carbocycles. The van der Waals surface area contributed by atoms with Crippen molar-refractivity contribution in [2.75, 3.05) is 30.6 Å². The first-order valence-electron chi connectivity index (χ1n) is 5.93. The van der Waals surface area contributed by atoms with E-state index in [2.05, 4.69) is 0 Å². The number of aryl methyl sites for hydroxylation is 1. The molecule has 0 aliphatic carbocycles. The highest BCUT2D eigenvalue weighted by Gasteiger charge is 2.16. The average Bonchev–Trinajstić information content (AvgIpc) is 2.35. The van der Waals surface area contributed by atoms with E-state index in [0.717, 1.165) is 11.8 Å². The average molecular weight is 318 g/mol. The van der Waals surface area contributed by atoms with E-state index in [1.807, 2.05) is 6.92 Å². The van der Waals surface area contributed by atoms with Crippen LogP contribution in [0.1, 0.15) is 15.9 Å². The highest BCUT2D eigenvalue weighted by atomic mass is 32.2. The summed E-state index contributed by atoms with van der Waals surface area (Å²) in [5.41, 5.74) is 1.32. The first-order valence-corrected chi connectivity index (χ1v) is 9.48. The molecule has 5 nitrogen and oxygen atoms in total. The first-order chi connectivity index (χ1) is 9.23. The zero-order valence-corrected chi connectivity index (χ0v) is 13.3. The monoisotopic (exact) mass is 318 g/mol. The van der Waals surface area contributed by atoms with Gasteiger partial charge >= 0.3 is 0 Å². The van der Waals surface area contributed by atoms with Crippen LogP contribution in [0.3, 0.4) is 0 Å². The number of hydrogen-bond donors (Lipinski definition) is 0. The molecule has 0 fully saturated rings. The first kappa shape index (κ1) is 16.8. The molecule has 1 atom stereocenters. The molecule has 1 aromatic rings. The van der Waals surface area contributed by atoms with Gasteiger partial charge in [-0.1, -0.05) is 6.07 Å². The summed E-state index contributed by atoms with van der Waals surface area (Å²) in [7, 11) is -3.20. The lowest BCUT2D eigenvalue weighted by atomic mass is 10.1. The van der Waals surface area contributed by atoms with Crippen LogP contribution in [-0.4, -0.2) is 49.0 Å². The molecule has 0 spiro atoms. The smallest absolute Gasteiger partial charge is 0.179 e. The lowest BCUT2D eigenvalue weighted by molar-refractivity contribution is 0.101. The molecule has 1 aromatic carbocycles. The Balaban J connectivity index is 2.74. The Labute approximate surface area is 121 Å². The number of benzene rings is 1. The molecule has 0 heterocycles. The van der Waals surface area contributed by atoms with Crippen LogP contribution in [0.4, 0.5) is 0 Å². The van der Waals surface area contributed by atoms with Crippen molar-refractivity contribution in [1.82, 2.24) is 0 Å². The van der Waals surface area contributed by atoms with Crippen molar-refractivity contribution in [1.29, 1.82) is 0 Å². The van der Waals surface area contributed by atoms with Crippen molar-refractivity contribution in [3.8, 4) is 5.75 Å². The van der Waals surface area contributed by atoms with Crippen LogP contribution in [0.5, 0.6) is 5.75 Å². The van der Waals surface area contributed by atoms with Crippen LogP contribution >= 0.6 is 0 Å². The maximum Gasteiger partial charge on any atom is 0.179 e. The molecule has 0 saturated heterocycles. The van der Waals surface area contributed by atoms with Crippen molar-refractivity contribution in [2.45, 2.75) is 6.92 Å². The Hall–Kier alpha value is -1.21. The Morgan fingerprint density at radius 3 is 2.55 bits per heavy atom. The van der Waals surface area contributed by atoms with Crippen LogP contribution < -0.4 is 4.74 Å². The SMILES string of the molecule is COc1cc(C)ccc1C(=O)CS(=O)CCS(C)(=O)=O. The van der Waals surface area contributed by atoms with Gasteiger partial charge in [-0.05, 0) is 24.6 Å². The normalized spacial score (nSPS) is 12.9. The number of carbonyl (C=O) groups is 1.